The molecule has 0 radical (unpaired) electrons. The SMILES string of the molecule is C[C@@H]1CCCCN1C(=O)CSc1nnnn1-c1ccc(OC(F)(F)F)cc1. The number of nitrogens with zero attached hydrogens (tertiary/aromatic N) is 5. The molecule has 0 saturated carbocycles. The van der Waals surface area contributed by atoms with E-state index in [9.17, 15) is 18.0 Å². The molecule has 1 saturated heterocycles. The van der Waals surface area contributed by atoms with E-state index in [0.717, 1.165) is 25.8 Å². The van der Waals surface area contributed by atoms with Crippen LogP contribution in [-0.2, 0) is 4.79 Å². The molecule has 0 spiro atoms. The number of likely N-dealkylation sites (tertiary alicyclic amines) is 1. The van der Waals surface area contributed by atoms with E-state index < -0.39 is 6.36 Å². The molecule has 1 amide bonds. The van der Waals surface area contributed by atoms with Crippen molar-refractivity contribution < 1.29 is 22.7 Å². The largest absolute Gasteiger partial charge is 0.573 e. The Bertz CT molecular complexity index is 781. The molecule has 7 nitrogen and oxygen atoms in total. The van der Waals surface area contributed by atoms with Crippen LogP contribution in [0, 0.1) is 0 Å². The third-order valence-electron chi connectivity index (χ3n) is 4.20. The lowest BCUT2D eigenvalue weighted by Gasteiger charge is -2.33. The van der Waals surface area contributed by atoms with Crippen molar-refractivity contribution >= 4 is 17.7 Å². The van der Waals surface area contributed by atoms with Crippen LogP contribution in [0.5, 0.6) is 5.75 Å². The predicted molar refractivity (Wildman–Crippen MR) is 91.6 cm³/mol. The summed E-state index contributed by atoms with van der Waals surface area (Å²) in [6.07, 6.45) is -1.61. The molecule has 0 unspecified atom stereocenters. The van der Waals surface area contributed by atoms with Crippen LogP contribution in [0.25, 0.3) is 5.69 Å². The molecule has 1 aromatic heterocycles. The van der Waals surface area contributed by atoms with Gasteiger partial charge in [0.2, 0.25) is 11.1 Å². The van der Waals surface area contributed by atoms with Crippen LogP contribution in [0.15, 0.2) is 29.4 Å². The maximum absolute atomic E-state index is 12.4. The van der Waals surface area contributed by atoms with Crippen molar-refractivity contribution in [1.29, 1.82) is 0 Å². The van der Waals surface area contributed by atoms with Gasteiger partial charge in [0, 0.05) is 12.6 Å². The molecule has 27 heavy (non-hydrogen) atoms. The number of aromatic nitrogens is 4. The average molecular weight is 401 g/mol. The summed E-state index contributed by atoms with van der Waals surface area (Å²) in [5, 5.41) is 11.7. The van der Waals surface area contributed by atoms with Crippen molar-refractivity contribution in [3.63, 3.8) is 0 Å². The van der Waals surface area contributed by atoms with Gasteiger partial charge in [-0.15, -0.1) is 18.3 Å². The number of hydrogen-bond donors (Lipinski definition) is 0. The molecule has 2 heterocycles. The fourth-order valence-corrected chi connectivity index (χ4v) is 3.67. The summed E-state index contributed by atoms with van der Waals surface area (Å²) in [5.74, 6) is -0.113. The standard InChI is InChI=1S/C16H18F3N5O2S/c1-11-4-2-3-9-23(11)14(25)10-27-15-20-21-22-24(15)12-5-7-13(8-6-12)26-16(17,18)19/h5-8,11H,2-4,9-10H2,1H3/t11-/m1/s1. The first kappa shape index (κ1) is 19.5. The monoisotopic (exact) mass is 401 g/mol. The molecule has 11 heteroatoms. The Morgan fingerprint density at radius 2 is 2.04 bits per heavy atom. The number of ether oxygens (including phenoxy) is 1. The Morgan fingerprint density at radius 3 is 2.70 bits per heavy atom. The van der Waals surface area contributed by atoms with Crippen LogP contribution < -0.4 is 4.74 Å². The molecule has 0 N–H and O–H groups in total. The van der Waals surface area contributed by atoms with Crippen molar-refractivity contribution in [3.8, 4) is 11.4 Å². The Balaban J connectivity index is 1.64. The van der Waals surface area contributed by atoms with Gasteiger partial charge >= 0.3 is 6.36 Å². The highest BCUT2D eigenvalue weighted by Crippen LogP contribution is 2.25. The van der Waals surface area contributed by atoms with Gasteiger partial charge in [0.05, 0.1) is 11.4 Å². The van der Waals surface area contributed by atoms with E-state index in [0.29, 0.717) is 10.8 Å². The molecule has 146 valence electrons. The van der Waals surface area contributed by atoms with E-state index in [1.54, 1.807) is 0 Å². The molecule has 1 aliphatic heterocycles. The fraction of sp³-hybridized carbons (Fsp3) is 0.500. The molecule has 3 rings (SSSR count). The molecule has 1 aromatic carbocycles. The number of amides is 1. The second-order valence-electron chi connectivity index (χ2n) is 6.14. The van der Waals surface area contributed by atoms with Crippen molar-refractivity contribution in [2.75, 3.05) is 12.3 Å². The Labute approximate surface area is 157 Å². The lowest BCUT2D eigenvalue weighted by atomic mass is 10.0. The van der Waals surface area contributed by atoms with Crippen LogP contribution in [0.1, 0.15) is 26.2 Å². The number of carbonyl (C=O) groups is 1. The summed E-state index contributed by atoms with van der Waals surface area (Å²) in [7, 11) is 0. The highest BCUT2D eigenvalue weighted by Gasteiger charge is 2.31. The molecule has 0 bridgehead atoms. The van der Waals surface area contributed by atoms with Gasteiger partial charge in [-0.3, -0.25) is 4.79 Å². The van der Waals surface area contributed by atoms with Gasteiger partial charge in [-0.25, -0.2) is 0 Å². The maximum atomic E-state index is 12.4. The van der Waals surface area contributed by atoms with Crippen LogP contribution in [0.2, 0.25) is 0 Å². The lowest BCUT2D eigenvalue weighted by molar-refractivity contribution is -0.274. The van der Waals surface area contributed by atoms with Crippen LogP contribution in [-0.4, -0.2) is 55.7 Å². The van der Waals surface area contributed by atoms with Gasteiger partial charge in [-0.05, 0) is 60.9 Å². The third-order valence-corrected chi connectivity index (χ3v) is 5.11. The molecule has 1 atom stereocenters. The quantitative estimate of drug-likeness (QED) is 0.717. The minimum atomic E-state index is -4.75. The Kier molecular flexibility index (Phi) is 5.88. The zero-order valence-electron chi connectivity index (χ0n) is 14.5. The first-order valence-electron chi connectivity index (χ1n) is 8.40. The number of rotatable bonds is 5. The van der Waals surface area contributed by atoms with Gasteiger partial charge < -0.3 is 9.64 Å². The second-order valence-corrected chi connectivity index (χ2v) is 7.08. The van der Waals surface area contributed by atoms with Crippen LogP contribution in [0.4, 0.5) is 13.2 Å². The molecule has 1 fully saturated rings. The van der Waals surface area contributed by atoms with E-state index in [1.807, 2.05) is 11.8 Å². The highest BCUT2D eigenvalue weighted by molar-refractivity contribution is 7.99. The molecule has 1 aliphatic rings. The van der Waals surface area contributed by atoms with E-state index in [2.05, 4.69) is 20.3 Å². The van der Waals surface area contributed by atoms with Crippen molar-refractivity contribution in [3.05, 3.63) is 24.3 Å². The van der Waals surface area contributed by atoms with E-state index in [-0.39, 0.29) is 23.5 Å². The summed E-state index contributed by atoms with van der Waals surface area (Å²) < 4.78 is 41.9. The summed E-state index contributed by atoms with van der Waals surface area (Å²) in [6, 6.07) is 5.41. The number of alkyl halides is 3. The van der Waals surface area contributed by atoms with E-state index in [1.165, 1.54) is 40.7 Å². The van der Waals surface area contributed by atoms with Crippen LogP contribution in [0.3, 0.4) is 0 Å². The highest BCUT2D eigenvalue weighted by atomic mass is 32.2. The zero-order chi connectivity index (χ0) is 19.4. The summed E-state index contributed by atoms with van der Waals surface area (Å²) >= 11 is 1.19. The number of benzene rings is 1. The van der Waals surface area contributed by atoms with Gasteiger partial charge in [-0.1, -0.05) is 11.8 Å². The molecule has 2 aromatic rings. The number of carbonyl (C=O) groups excluding carboxylic acids is 1. The Morgan fingerprint density at radius 1 is 1.30 bits per heavy atom. The lowest BCUT2D eigenvalue weighted by Crippen LogP contribution is -2.42. The number of thioether (sulfide) groups is 1. The molecule has 0 aliphatic carbocycles. The van der Waals surface area contributed by atoms with Gasteiger partial charge in [-0.2, -0.15) is 4.68 Å². The first-order valence-corrected chi connectivity index (χ1v) is 9.39. The first-order chi connectivity index (χ1) is 12.8. The normalized spacial score (nSPS) is 17.8. The summed E-state index contributed by atoms with van der Waals surface area (Å²) in [6.45, 7) is 2.79. The minimum absolute atomic E-state index is 0.0238. The topological polar surface area (TPSA) is 73.1 Å². The van der Waals surface area contributed by atoms with Crippen molar-refractivity contribution in [1.82, 2.24) is 25.1 Å². The molecular weight excluding hydrogens is 383 g/mol. The third kappa shape index (κ3) is 5.12. The number of piperidine rings is 1. The number of halogens is 3. The van der Waals surface area contributed by atoms with Gasteiger partial charge in [0.1, 0.15) is 5.75 Å². The number of tetrazole rings is 1. The summed E-state index contributed by atoms with van der Waals surface area (Å²) in [5.41, 5.74) is 0.468. The minimum Gasteiger partial charge on any atom is -0.406 e. The van der Waals surface area contributed by atoms with Crippen molar-refractivity contribution in [2.24, 2.45) is 0 Å². The van der Waals surface area contributed by atoms with E-state index >= 15 is 0 Å². The van der Waals surface area contributed by atoms with Gasteiger partial charge in [0.25, 0.3) is 0 Å². The summed E-state index contributed by atoms with van der Waals surface area (Å²) in [4.78, 5) is 14.3. The second kappa shape index (κ2) is 8.15. The fourth-order valence-electron chi connectivity index (χ4n) is 2.90. The van der Waals surface area contributed by atoms with Crippen molar-refractivity contribution in [2.45, 2.75) is 43.7 Å². The average Bonchev–Trinajstić information content (AvgIpc) is 3.08. The maximum Gasteiger partial charge on any atom is 0.573 e. The van der Waals surface area contributed by atoms with Gasteiger partial charge in [0.15, 0.2) is 0 Å². The predicted octanol–water partition coefficient (Wildman–Crippen LogP) is 3.05. The Hall–Kier alpha value is -2.30. The van der Waals surface area contributed by atoms with E-state index in [4.69, 9.17) is 0 Å². The zero-order valence-corrected chi connectivity index (χ0v) is 15.3. The molecular formula is C16H18F3N5O2S. The van der Waals surface area contributed by atoms with Crippen LogP contribution >= 0.6 is 11.8 Å². The number of hydrogen-bond acceptors (Lipinski definition) is 6. The smallest absolute Gasteiger partial charge is 0.406 e.